The maximum atomic E-state index is 12.0. The summed E-state index contributed by atoms with van der Waals surface area (Å²) < 4.78 is 25.0. The summed E-state index contributed by atoms with van der Waals surface area (Å²) in [4.78, 5) is 0. The van der Waals surface area contributed by atoms with Gasteiger partial charge in [0.1, 0.15) is 0 Å². The molecule has 0 radical (unpaired) electrons. The summed E-state index contributed by atoms with van der Waals surface area (Å²) in [6.07, 6.45) is 1.91. The zero-order valence-corrected chi connectivity index (χ0v) is 12.6. The minimum absolute atomic E-state index is 0.122. The number of aryl methyl sites for hydroxylation is 2. The molecule has 0 unspecified atom stereocenters. The number of hydrogen-bond acceptors (Lipinski definition) is 4. The smallest absolute Gasteiger partial charge is 0.157 e. The predicted molar refractivity (Wildman–Crippen MR) is 73.3 cm³/mol. The van der Waals surface area contributed by atoms with Gasteiger partial charge in [-0.15, -0.1) is 0 Å². The molecule has 1 rings (SSSR count). The van der Waals surface area contributed by atoms with Crippen molar-refractivity contribution >= 4 is 9.84 Å². The van der Waals surface area contributed by atoms with Crippen molar-refractivity contribution in [3.63, 3.8) is 0 Å². The van der Waals surface area contributed by atoms with Gasteiger partial charge in [-0.2, -0.15) is 5.10 Å². The number of aromatic nitrogens is 2. The van der Waals surface area contributed by atoms with Crippen LogP contribution in [0.3, 0.4) is 0 Å². The minimum Gasteiger partial charge on any atom is -0.316 e. The average molecular weight is 273 g/mol. The zero-order valence-electron chi connectivity index (χ0n) is 11.8. The van der Waals surface area contributed by atoms with E-state index in [1.165, 1.54) is 0 Å². The summed E-state index contributed by atoms with van der Waals surface area (Å²) in [7, 11) is -1.21. The molecule has 0 amide bonds. The molecule has 1 aromatic heterocycles. The number of sulfone groups is 1. The van der Waals surface area contributed by atoms with Crippen LogP contribution in [0.1, 0.15) is 32.0 Å². The summed E-state index contributed by atoms with van der Waals surface area (Å²) >= 11 is 0. The molecular formula is C12H23N3O2S. The summed E-state index contributed by atoms with van der Waals surface area (Å²) in [6, 6.07) is 0. The van der Waals surface area contributed by atoms with E-state index in [0.29, 0.717) is 6.54 Å². The highest BCUT2D eigenvalue weighted by molar-refractivity contribution is 7.92. The van der Waals surface area contributed by atoms with Crippen LogP contribution in [0.5, 0.6) is 0 Å². The molecule has 0 saturated carbocycles. The maximum Gasteiger partial charge on any atom is 0.157 e. The molecule has 0 aromatic carbocycles. The van der Waals surface area contributed by atoms with E-state index in [0.717, 1.165) is 17.8 Å². The van der Waals surface area contributed by atoms with Crippen molar-refractivity contribution in [1.29, 1.82) is 0 Å². The molecule has 18 heavy (non-hydrogen) atoms. The molecule has 0 fully saturated rings. The SMILES string of the molecule is CNCc1cn(CCS(=O)(=O)C(C)(C)C)nc1C. The van der Waals surface area contributed by atoms with Crippen LogP contribution in [-0.2, 0) is 22.9 Å². The Hall–Kier alpha value is -0.880. The van der Waals surface area contributed by atoms with Crippen LogP contribution in [0.15, 0.2) is 6.20 Å². The molecule has 5 nitrogen and oxygen atoms in total. The monoisotopic (exact) mass is 273 g/mol. The van der Waals surface area contributed by atoms with Gasteiger partial charge in [-0.05, 0) is 34.7 Å². The van der Waals surface area contributed by atoms with Gasteiger partial charge in [0.15, 0.2) is 9.84 Å². The number of hydrogen-bond donors (Lipinski definition) is 1. The van der Waals surface area contributed by atoms with Gasteiger partial charge in [0.05, 0.1) is 22.7 Å². The summed E-state index contributed by atoms with van der Waals surface area (Å²) in [5, 5.41) is 7.39. The molecule has 0 saturated heterocycles. The molecule has 1 heterocycles. The Balaban J connectivity index is 2.73. The van der Waals surface area contributed by atoms with Crippen molar-refractivity contribution in [1.82, 2.24) is 15.1 Å². The van der Waals surface area contributed by atoms with Gasteiger partial charge in [0.25, 0.3) is 0 Å². The summed E-state index contributed by atoms with van der Waals surface area (Å²) in [5.41, 5.74) is 2.04. The largest absolute Gasteiger partial charge is 0.316 e. The third-order valence-electron chi connectivity index (χ3n) is 2.94. The normalized spacial score (nSPS) is 12.9. The molecule has 6 heteroatoms. The fourth-order valence-electron chi connectivity index (χ4n) is 1.56. The van der Waals surface area contributed by atoms with E-state index in [1.807, 2.05) is 20.2 Å². The topological polar surface area (TPSA) is 64.0 Å². The first-order valence-electron chi connectivity index (χ1n) is 6.07. The second-order valence-electron chi connectivity index (χ2n) is 5.46. The molecule has 0 spiro atoms. The number of nitrogens with one attached hydrogen (secondary N) is 1. The van der Waals surface area contributed by atoms with Crippen LogP contribution >= 0.6 is 0 Å². The first-order valence-corrected chi connectivity index (χ1v) is 7.72. The van der Waals surface area contributed by atoms with Crippen LogP contribution in [0.25, 0.3) is 0 Å². The van der Waals surface area contributed by atoms with Crippen LogP contribution in [-0.4, -0.2) is 35.7 Å². The highest BCUT2D eigenvalue weighted by atomic mass is 32.2. The van der Waals surface area contributed by atoms with E-state index in [2.05, 4.69) is 10.4 Å². The van der Waals surface area contributed by atoms with Crippen molar-refractivity contribution < 1.29 is 8.42 Å². The molecule has 1 N–H and O–H groups in total. The van der Waals surface area contributed by atoms with Gasteiger partial charge in [-0.1, -0.05) is 0 Å². The van der Waals surface area contributed by atoms with Gasteiger partial charge >= 0.3 is 0 Å². The highest BCUT2D eigenvalue weighted by Gasteiger charge is 2.28. The Morgan fingerprint density at radius 1 is 1.39 bits per heavy atom. The first-order chi connectivity index (χ1) is 8.17. The number of rotatable bonds is 5. The lowest BCUT2D eigenvalue weighted by atomic mass is 10.3. The lowest BCUT2D eigenvalue weighted by Crippen LogP contribution is -2.32. The van der Waals surface area contributed by atoms with E-state index in [4.69, 9.17) is 0 Å². The van der Waals surface area contributed by atoms with Crippen LogP contribution in [0, 0.1) is 6.92 Å². The first kappa shape index (κ1) is 15.2. The Bertz CT molecular complexity index is 498. The third-order valence-corrected chi connectivity index (χ3v) is 5.52. The second kappa shape index (κ2) is 5.40. The molecule has 1 aromatic rings. The van der Waals surface area contributed by atoms with Crippen LogP contribution in [0.4, 0.5) is 0 Å². The Morgan fingerprint density at radius 3 is 2.50 bits per heavy atom. The van der Waals surface area contributed by atoms with E-state index < -0.39 is 14.6 Å². The number of nitrogens with zero attached hydrogens (tertiary/aromatic N) is 2. The molecule has 0 atom stereocenters. The van der Waals surface area contributed by atoms with Gasteiger partial charge < -0.3 is 5.32 Å². The lowest BCUT2D eigenvalue weighted by molar-refractivity contribution is 0.547. The van der Waals surface area contributed by atoms with Crippen molar-refractivity contribution in [2.45, 2.75) is 45.5 Å². The zero-order chi connectivity index (χ0) is 14.0. The average Bonchev–Trinajstić information content (AvgIpc) is 2.56. The van der Waals surface area contributed by atoms with Gasteiger partial charge in [-0.25, -0.2) is 8.42 Å². The third kappa shape index (κ3) is 3.55. The van der Waals surface area contributed by atoms with E-state index in [1.54, 1.807) is 25.5 Å². The Morgan fingerprint density at radius 2 is 2.00 bits per heavy atom. The maximum absolute atomic E-state index is 12.0. The Kier molecular flexibility index (Phi) is 4.55. The van der Waals surface area contributed by atoms with Gasteiger partial charge in [0, 0.05) is 18.3 Å². The molecule has 0 aliphatic carbocycles. The van der Waals surface area contributed by atoms with Crippen molar-refractivity contribution in [3.8, 4) is 0 Å². The predicted octanol–water partition coefficient (Wildman–Crippen LogP) is 1.12. The van der Waals surface area contributed by atoms with Crippen molar-refractivity contribution in [2.24, 2.45) is 0 Å². The fourth-order valence-corrected chi connectivity index (χ4v) is 2.60. The van der Waals surface area contributed by atoms with E-state index in [-0.39, 0.29) is 5.75 Å². The molecule has 0 bridgehead atoms. The van der Waals surface area contributed by atoms with Crippen molar-refractivity contribution in [2.75, 3.05) is 12.8 Å². The molecule has 0 aliphatic rings. The van der Waals surface area contributed by atoms with Gasteiger partial charge in [-0.3, -0.25) is 4.68 Å². The molecular weight excluding hydrogens is 250 g/mol. The van der Waals surface area contributed by atoms with Crippen molar-refractivity contribution in [3.05, 3.63) is 17.5 Å². The molecule has 104 valence electrons. The lowest BCUT2D eigenvalue weighted by Gasteiger charge is -2.18. The quantitative estimate of drug-likeness (QED) is 0.873. The minimum atomic E-state index is -3.09. The van der Waals surface area contributed by atoms with E-state index >= 15 is 0 Å². The standard InChI is InChI=1S/C12H23N3O2S/c1-10-11(8-13-5)9-15(14-10)6-7-18(16,17)12(2,3)4/h9,13H,6-8H2,1-5H3. The van der Waals surface area contributed by atoms with Gasteiger partial charge in [0.2, 0.25) is 0 Å². The second-order valence-corrected chi connectivity index (χ2v) is 8.33. The van der Waals surface area contributed by atoms with E-state index in [9.17, 15) is 8.42 Å². The molecule has 0 aliphatic heterocycles. The highest BCUT2D eigenvalue weighted by Crippen LogP contribution is 2.16. The summed E-state index contributed by atoms with van der Waals surface area (Å²) in [6.45, 7) is 8.26. The van der Waals surface area contributed by atoms with Crippen LogP contribution in [0.2, 0.25) is 0 Å². The van der Waals surface area contributed by atoms with Crippen LogP contribution < -0.4 is 5.32 Å². The Labute approximate surface area is 109 Å². The summed E-state index contributed by atoms with van der Waals surface area (Å²) in [5.74, 6) is 0.122. The fraction of sp³-hybridized carbons (Fsp3) is 0.750.